The number of likely N-dealkylation sites (tertiary alicyclic amines) is 1. The number of aryl methyl sites for hydroxylation is 2. The Bertz CT molecular complexity index is 1150. The highest BCUT2D eigenvalue weighted by Gasteiger charge is 2.36. The summed E-state index contributed by atoms with van der Waals surface area (Å²) in [4.78, 5) is 19.4. The number of halogens is 3. The highest BCUT2D eigenvalue weighted by molar-refractivity contribution is 5.78. The number of hydrogen-bond donors (Lipinski definition) is 1. The van der Waals surface area contributed by atoms with Crippen molar-refractivity contribution in [3.8, 4) is 0 Å². The van der Waals surface area contributed by atoms with E-state index < -0.39 is 17.2 Å². The highest BCUT2D eigenvalue weighted by atomic mass is 19.4. The molecule has 0 radical (unpaired) electrons. The van der Waals surface area contributed by atoms with Gasteiger partial charge < -0.3 is 14.6 Å². The number of aromatic nitrogens is 2. The third-order valence-electron chi connectivity index (χ3n) is 6.94. The van der Waals surface area contributed by atoms with Crippen LogP contribution in [0.2, 0.25) is 0 Å². The van der Waals surface area contributed by atoms with E-state index in [1.54, 1.807) is 6.07 Å². The van der Waals surface area contributed by atoms with E-state index in [-0.39, 0.29) is 12.5 Å². The summed E-state index contributed by atoms with van der Waals surface area (Å²) in [6.07, 6.45) is -1.79. The van der Waals surface area contributed by atoms with Gasteiger partial charge in [0.15, 0.2) is 0 Å². The fourth-order valence-corrected chi connectivity index (χ4v) is 4.92. The van der Waals surface area contributed by atoms with Crippen LogP contribution < -0.4 is 0 Å². The van der Waals surface area contributed by atoms with Crippen LogP contribution in [0.25, 0.3) is 11.0 Å². The number of para-hydroxylation sites is 2. The first-order chi connectivity index (χ1) is 16.2. The quantitative estimate of drug-likeness (QED) is 0.534. The predicted molar refractivity (Wildman–Crippen MR) is 124 cm³/mol. The topological polar surface area (TPSA) is 58.4 Å². The summed E-state index contributed by atoms with van der Waals surface area (Å²) in [6, 6.07) is 13.2. The summed E-state index contributed by atoms with van der Waals surface area (Å²) >= 11 is 0. The van der Waals surface area contributed by atoms with Gasteiger partial charge in [0.25, 0.3) is 0 Å². The Balaban J connectivity index is 1.38. The van der Waals surface area contributed by atoms with Gasteiger partial charge in [-0.2, -0.15) is 13.2 Å². The molecule has 0 unspecified atom stereocenters. The molecule has 1 N–H and O–H groups in total. The van der Waals surface area contributed by atoms with Crippen molar-refractivity contribution in [3.05, 3.63) is 65.5 Å². The number of hydrogen-bond acceptors (Lipinski definition) is 3. The lowest BCUT2D eigenvalue weighted by molar-refractivity contribution is -0.138. The van der Waals surface area contributed by atoms with E-state index in [0.29, 0.717) is 50.9 Å². The molecule has 0 saturated carbocycles. The van der Waals surface area contributed by atoms with Crippen molar-refractivity contribution in [2.75, 3.05) is 19.7 Å². The van der Waals surface area contributed by atoms with Gasteiger partial charge in [0.1, 0.15) is 5.82 Å². The average molecular weight is 474 g/mol. The lowest BCUT2D eigenvalue weighted by Crippen LogP contribution is -2.45. The Morgan fingerprint density at radius 1 is 1.12 bits per heavy atom. The third kappa shape index (κ3) is 5.12. The number of aliphatic hydroxyl groups is 1. The van der Waals surface area contributed by atoms with Gasteiger partial charge >= 0.3 is 6.18 Å². The maximum atomic E-state index is 13.1. The number of amides is 1. The number of rotatable bonds is 7. The molecule has 0 bridgehead atoms. The van der Waals surface area contributed by atoms with Gasteiger partial charge in [0.05, 0.1) is 16.6 Å². The zero-order chi connectivity index (χ0) is 24.3. The Morgan fingerprint density at radius 3 is 2.53 bits per heavy atom. The van der Waals surface area contributed by atoms with Crippen LogP contribution in [0.5, 0.6) is 0 Å². The first kappa shape index (κ1) is 24.3. The molecule has 0 spiro atoms. The highest BCUT2D eigenvalue weighted by Crippen LogP contribution is 2.37. The number of carbonyl (C=O) groups excluding carboxylic acids is 1. The number of nitrogens with zero attached hydrogens (tertiary/aromatic N) is 3. The van der Waals surface area contributed by atoms with Crippen LogP contribution in [0, 0.1) is 5.41 Å². The zero-order valence-electron chi connectivity index (χ0n) is 19.3. The fraction of sp³-hybridized carbons (Fsp3) is 0.462. The largest absolute Gasteiger partial charge is 0.416 e. The van der Waals surface area contributed by atoms with E-state index in [9.17, 15) is 23.1 Å². The summed E-state index contributed by atoms with van der Waals surface area (Å²) in [7, 11) is 0. The van der Waals surface area contributed by atoms with Crippen molar-refractivity contribution >= 4 is 16.9 Å². The second kappa shape index (κ2) is 9.78. The van der Waals surface area contributed by atoms with Gasteiger partial charge in [0.2, 0.25) is 5.91 Å². The van der Waals surface area contributed by atoms with E-state index in [2.05, 4.69) is 9.55 Å². The van der Waals surface area contributed by atoms with Crippen LogP contribution in [0.1, 0.15) is 43.1 Å². The molecule has 1 fully saturated rings. The summed E-state index contributed by atoms with van der Waals surface area (Å²) in [6.45, 7) is 3.46. The first-order valence-electron chi connectivity index (χ1n) is 11.7. The van der Waals surface area contributed by atoms with E-state index >= 15 is 0 Å². The molecule has 5 nitrogen and oxygen atoms in total. The van der Waals surface area contributed by atoms with E-state index in [1.165, 1.54) is 6.07 Å². The molecule has 1 aliphatic heterocycles. The van der Waals surface area contributed by atoms with Crippen molar-refractivity contribution in [3.63, 3.8) is 0 Å². The molecule has 1 aromatic heterocycles. The molecule has 2 heterocycles. The number of imidazole rings is 1. The Labute approximate surface area is 197 Å². The molecular formula is C26H30F3N3O2. The van der Waals surface area contributed by atoms with Crippen molar-refractivity contribution in [1.82, 2.24) is 14.5 Å². The molecule has 4 rings (SSSR count). The Hall–Kier alpha value is -2.87. The van der Waals surface area contributed by atoms with Crippen LogP contribution in [0.15, 0.2) is 48.5 Å². The minimum Gasteiger partial charge on any atom is -0.396 e. The first-order valence-corrected chi connectivity index (χ1v) is 11.7. The van der Waals surface area contributed by atoms with Crippen LogP contribution in [0.4, 0.5) is 13.2 Å². The molecule has 3 aromatic rings. The summed E-state index contributed by atoms with van der Waals surface area (Å²) in [5.41, 5.74) is 1.31. The Kier molecular flexibility index (Phi) is 6.98. The fourth-order valence-electron chi connectivity index (χ4n) is 4.92. The maximum Gasteiger partial charge on any atom is 0.416 e. The van der Waals surface area contributed by atoms with Crippen molar-refractivity contribution in [1.29, 1.82) is 0 Å². The molecular weight excluding hydrogens is 443 g/mol. The summed E-state index contributed by atoms with van der Waals surface area (Å²) in [5, 5.41) is 10.1. The maximum absolute atomic E-state index is 13.1. The molecule has 34 heavy (non-hydrogen) atoms. The molecule has 1 aliphatic rings. The van der Waals surface area contributed by atoms with E-state index in [0.717, 1.165) is 35.4 Å². The molecule has 0 aliphatic carbocycles. The van der Waals surface area contributed by atoms with Crippen LogP contribution >= 0.6 is 0 Å². The monoisotopic (exact) mass is 473 g/mol. The zero-order valence-corrected chi connectivity index (χ0v) is 19.3. The molecule has 2 aromatic carbocycles. The van der Waals surface area contributed by atoms with E-state index in [4.69, 9.17) is 0 Å². The normalized spacial score (nSPS) is 16.2. The van der Waals surface area contributed by atoms with Gasteiger partial charge in [-0.3, -0.25) is 4.79 Å². The number of carbonyl (C=O) groups is 1. The molecule has 182 valence electrons. The molecule has 1 amide bonds. The average Bonchev–Trinajstić information content (AvgIpc) is 3.20. The second-order valence-electron chi connectivity index (χ2n) is 9.19. The molecule has 0 atom stereocenters. The standard InChI is InChI=1S/C26H30F3N3O2/c1-2-23-30-21-8-3-4-9-22(21)32(23)13-10-24(34)31-14-11-25(18-33,12-15-31)17-19-6-5-7-20(16-19)26(27,28)29/h3-9,16,33H,2,10-15,17-18H2,1H3. The number of benzene rings is 2. The third-order valence-corrected chi connectivity index (χ3v) is 6.94. The lowest BCUT2D eigenvalue weighted by Gasteiger charge is -2.41. The number of fused-ring (bicyclic) bond motifs is 1. The van der Waals surface area contributed by atoms with Crippen molar-refractivity contribution in [2.24, 2.45) is 5.41 Å². The SMILES string of the molecule is CCc1nc2ccccc2n1CCC(=O)N1CCC(CO)(Cc2cccc(C(F)(F)F)c2)CC1. The van der Waals surface area contributed by atoms with Gasteiger partial charge in [-0.25, -0.2) is 4.98 Å². The van der Waals surface area contributed by atoms with Gasteiger partial charge in [0, 0.05) is 44.5 Å². The Morgan fingerprint density at radius 2 is 1.85 bits per heavy atom. The summed E-state index contributed by atoms with van der Waals surface area (Å²) in [5.74, 6) is 0.999. The van der Waals surface area contributed by atoms with Gasteiger partial charge in [-0.1, -0.05) is 37.3 Å². The van der Waals surface area contributed by atoms with Crippen molar-refractivity contribution in [2.45, 2.75) is 51.7 Å². The number of piperidine rings is 1. The van der Waals surface area contributed by atoms with E-state index in [1.807, 2.05) is 36.1 Å². The second-order valence-corrected chi connectivity index (χ2v) is 9.19. The predicted octanol–water partition coefficient (Wildman–Crippen LogP) is 4.85. The number of aliphatic hydroxyl groups excluding tert-OH is 1. The lowest BCUT2D eigenvalue weighted by atomic mass is 9.74. The van der Waals surface area contributed by atoms with Gasteiger partial charge in [-0.15, -0.1) is 0 Å². The molecule has 8 heteroatoms. The van der Waals surface area contributed by atoms with Crippen LogP contribution in [0.3, 0.4) is 0 Å². The smallest absolute Gasteiger partial charge is 0.396 e. The van der Waals surface area contributed by atoms with Crippen LogP contribution in [-0.2, 0) is 30.4 Å². The summed E-state index contributed by atoms with van der Waals surface area (Å²) < 4.78 is 41.3. The van der Waals surface area contributed by atoms with Gasteiger partial charge in [-0.05, 0) is 43.0 Å². The minimum atomic E-state index is -4.39. The molecule has 1 saturated heterocycles. The van der Waals surface area contributed by atoms with Crippen LogP contribution in [-0.4, -0.2) is 45.2 Å². The minimum absolute atomic E-state index is 0.0467. The number of alkyl halides is 3. The van der Waals surface area contributed by atoms with Crippen molar-refractivity contribution < 1.29 is 23.1 Å².